The molecule has 1 N–H and O–H groups in total. The SMILES string of the molecule is CSc1ncc2c(=O)n(C(C)C)n(-c3cccc(C(C)(C)O)c3)c2n1. The van der Waals surface area contributed by atoms with E-state index >= 15 is 0 Å². The summed E-state index contributed by atoms with van der Waals surface area (Å²) in [5.41, 5.74) is 1.04. The zero-order valence-corrected chi connectivity index (χ0v) is 15.8. The van der Waals surface area contributed by atoms with Gasteiger partial charge in [0.05, 0.1) is 11.3 Å². The molecule has 0 unspecified atom stereocenters. The van der Waals surface area contributed by atoms with Crippen molar-refractivity contribution in [1.82, 2.24) is 19.3 Å². The Hall–Kier alpha value is -2.12. The van der Waals surface area contributed by atoms with Crippen molar-refractivity contribution in [1.29, 1.82) is 0 Å². The van der Waals surface area contributed by atoms with E-state index in [1.165, 1.54) is 11.8 Å². The lowest BCUT2D eigenvalue weighted by atomic mass is 9.98. The molecule has 3 rings (SSSR count). The van der Waals surface area contributed by atoms with Gasteiger partial charge in [0, 0.05) is 12.2 Å². The molecule has 0 bridgehead atoms. The molecule has 2 aromatic heterocycles. The monoisotopic (exact) mass is 358 g/mol. The molecule has 1 aromatic carbocycles. The van der Waals surface area contributed by atoms with Crippen LogP contribution in [-0.4, -0.2) is 30.7 Å². The Morgan fingerprint density at radius 1 is 1.28 bits per heavy atom. The van der Waals surface area contributed by atoms with Gasteiger partial charge in [-0.15, -0.1) is 0 Å². The highest BCUT2D eigenvalue weighted by Crippen LogP contribution is 2.25. The van der Waals surface area contributed by atoms with Crippen LogP contribution in [-0.2, 0) is 5.60 Å². The van der Waals surface area contributed by atoms with Crippen LogP contribution in [0.15, 0.2) is 40.4 Å². The minimum Gasteiger partial charge on any atom is -0.386 e. The lowest BCUT2D eigenvalue weighted by molar-refractivity contribution is 0.0786. The van der Waals surface area contributed by atoms with Crippen LogP contribution in [0.3, 0.4) is 0 Å². The van der Waals surface area contributed by atoms with Crippen molar-refractivity contribution in [3.8, 4) is 5.69 Å². The number of hydrogen-bond donors (Lipinski definition) is 1. The zero-order valence-electron chi connectivity index (χ0n) is 15.0. The fraction of sp³-hybridized carbons (Fsp3) is 0.389. The van der Waals surface area contributed by atoms with Gasteiger partial charge in [-0.2, -0.15) is 0 Å². The number of thioether (sulfide) groups is 1. The normalized spacial score (nSPS) is 12.3. The molecule has 25 heavy (non-hydrogen) atoms. The fourth-order valence-electron chi connectivity index (χ4n) is 2.81. The second-order valence-corrected chi connectivity index (χ2v) is 7.53. The van der Waals surface area contributed by atoms with E-state index in [9.17, 15) is 9.90 Å². The van der Waals surface area contributed by atoms with Gasteiger partial charge in [0.15, 0.2) is 10.8 Å². The quantitative estimate of drug-likeness (QED) is 0.573. The maximum Gasteiger partial charge on any atom is 0.278 e. The second kappa shape index (κ2) is 6.31. The number of rotatable bonds is 4. The molecule has 0 amide bonds. The molecule has 0 saturated heterocycles. The van der Waals surface area contributed by atoms with Crippen LogP contribution in [0.1, 0.15) is 39.3 Å². The van der Waals surface area contributed by atoms with Gasteiger partial charge in [-0.05, 0) is 51.6 Å². The molecule has 0 aliphatic rings. The molecule has 0 aliphatic carbocycles. The molecule has 2 heterocycles. The summed E-state index contributed by atoms with van der Waals surface area (Å²) in [4.78, 5) is 21.6. The number of fused-ring (bicyclic) bond motifs is 1. The highest BCUT2D eigenvalue weighted by atomic mass is 32.2. The molecule has 0 fully saturated rings. The number of benzene rings is 1. The highest BCUT2D eigenvalue weighted by molar-refractivity contribution is 7.98. The molecule has 0 saturated carbocycles. The minimum atomic E-state index is -0.971. The number of nitrogens with zero attached hydrogens (tertiary/aromatic N) is 4. The summed E-state index contributed by atoms with van der Waals surface area (Å²) < 4.78 is 3.49. The largest absolute Gasteiger partial charge is 0.386 e. The minimum absolute atomic E-state index is 0.0507. The molecule has 0 aliphatic heterocycles. The Morgan fingerprint density at radius 3 is 2.60 bits per heavy atom. The lowest BCUT2D eigenvalue weighted by Crippen LogP contribution is -2.24. The predicted molar refractivity (Wildman–Crippen MR) is 101 cm³/mol. The predicted octanol–water partition coefficient (Wildman–Crippen LogP) is 3.11. The topological polar surface area (TPSA) is 72.9 Å². The van der Waals surface area contributed by atoms with Crippen LogP contribution >= 0.6 is 11.8 Å². The van der Waals surface area contributed by atoms with Gasteiger partial charge in [0.1, 0.15) is 5.39 Å². The smallest absolute Gasteiger partial charge is 0.278 e. The Labute approximate surface area is 150 Å². The third-order valence-electron chi connectivity index (χ3n) is 4.07. The van der Waals surface area contributed by atoms with Gasteiger partial charge >= 0.3 is 0 Å². The summed E-state index contributed by atoms with van der Waals surface area (Å²) in [5, 5.41) is 11.4. The molecular formula is C18H22N4O2S. The van der Waals surface area contributed by atoms with Gasteiger partial charge < -0.3 is 5.11 Å². The summed E-state index contributed by atoms with van der Waals surface area (Å²) in [6.45, 7) is 7.39. The first-order chi connectivity index (χ1) is 11.7. The van der Waals surface area contributed by atoms with Gasteiger partial charge in [-0.3, -0.25) is 4.79 Å². The molecule has 132 valence electrons. The Bertz CT molecular complexity index is 983. The zero-order chi connectivity index (χ0) is 18.4. The van der Waals surface area contributed by atoms with E-state index in [2.05, 4.69) is 9.97 Å². The van der Waals surface area contributed by atoms with E-state index in [1.807, 2.05) is 49.1 Å². The maximum absolute atomic E-state index is 12.9. The van der Waals surface area contributed by atoms with Crippen LogP contribution in [0, 0.1) is 0 Å². The van der Waals surface area contributed by atoms with Crippen molar-refractivity contribution in [2.24, 2.45) is 0 Å². The first kappa shape index (κ1) is 17.7. The average Bonchev–Trinajstić information content (AvgIpc) is 2.86. The molecule has 0 spiro atoms. The van der Waals surface area contributed by atoms with E-state index in [-0.39, 0.29) is 11.6 Å². The van der Waals surface area contributed by atoms with Crippen LogP contribution in [0.4, 0.5) is 0 Å². The van der Waals surface area contributed by atoms with Gasteiger partial charge in [0.2, 0.25) is 0 Å². The van der Waals surface area contributed by atoms with Gasteiger partial charge in [0.25, 0.3) is 5.56 Å². The van der Waals surface area contributed by atoms with Gasteiger partial charge in [-0.1, -0.05) is 23.9 Å². The molecule has 3 aromatic rings. The Balaban J connectivity index is 2.38. The standard InChI is InChI=1S/C18H22N4O2S/c1-11(2)21-16(23)14-10-19-17(25-5)20-15(14)22(21)13-8-6-7-12(9-13)18(3,4)24/h6-11,24H,1-5H3. The third kappa shape index (κ3) is 3.09. The molecule has 0 atom stereocenters. The first-order valence-electron chi connectivity index (χ1n) is 8.11. The maximum atomic E-state index is 12.9. The Morgan fingerprint density at radius 2 is 2.00 bits per heavy atom. The highest BCUT2D eigenvalue weighted by Gasteiger charge is 2.21. The second-order valence-electron chi connectivity index (χ2n) is 6.76. The fourth-order valence-corrected chi connectivity index (χ4v) is 3.15. The van der Waals surface area contributed by atoms with Crippen molar-refractivity contribution in [2.45, 2.75) is 44.5 Å². The summed E-state index contributed by atoms with van der Waals surface area (Å²) in [6, 6.07) is 7.49. The summed E-state index contributed by atoms with van der Waals surface area (Å²) in [5.74, 6) is 0. The summed E-state index contributed by atoms with van der Waals surface area (Å²) >= 11 is 1.43. The number of aromatic nitrogens is 4. The van der Waals surface area contributed by atoms with Crippen LogP contribution in [0.5, 0.6) is 0 Å². The van der Waals surface area contributed by atoms with E-state index in [0.717, 1.165) is 11.3 Å². The average molecular weight is 358 g/mol. The first-order valence-corrected chi connectivity index (χ1v) is 9.34. The Kier molecular flexibility index (Phi) is 4.47. The summed E-state index contributed by atoms with van der Waals surface area (Å²) in [7, 11) is 0. The van der Waals surface area contributed by atoms with E-state index in [4.69, 9.17) is 0 Å². The van der Waals surface area contributed by atoms with E-state index < -0.39 is 5.60 Å². The number of aliphatic hydroxyl groups is 1. The van der Waals surface area contributed by atoms with Crippen LogP contribution in [0.2, 0.25) is 0 Å². The van der Waals surface area contributed by atoms with E-state index in [1.54, 1.807) is 24.7 Å². The third-order valence-corrected chi connectivity index (χ3v) is 4.63. The number of hydrogen-bond acceptors (Lipinski definition) is 5. The lowest BCUT2D eigenvalue weighted by Gasteiger charge is -2.20. The van der Waals surface area contributed by atoms with Crippen molar-refractivity contribution in [3.63, 3.8) is 0 Å². The van der Waals surface area contributed by atoms with Crippen LogP contribution < -0.4 is 5.56 Å². The molecular weight excluding hydrogens is 336 g/mol. The van der Waals surface area contributed by atoms with Crippen molar-refractivity contribution < 1.29 is 5.11 Å². The van der Waals surface area contributed by atoms with Crippen LogP contribution in [0.25, 0.3) is 16.7 Å². The summed E-state index contributed by atoms with van der Waals surface area (Å²) in [6.07, 6.45) is 3.49. The van der Waals surface area contributed by atoms with Crippen molar-refractivity contribution >= 4 is 22.8 Å². The van der Waals surface area contributed by atoms with E-state index in [0.29, 0.717) is 16.2 Å². The van der Waals surface area contributed by atoms with Crippen molar-refractivity contribution in [2.75, 3.05) is 6.26 Å². The molecule has 6 nitrogen and oxygen atoms in total. The molecule has 7 heteroatoms. The molecule has 0 radical (unpaired) electrons. The van der Waals surface area contributed by atoms with Crippen molar-refractivity contribution in [3.05, 3.63) is 46.4 Å². The van der Waals surface area contributed by atoms with Gasteiger partial charge in [-0.25, -0.2) is 19.3 Å².